The fourth-order valence-corrected chi connectivity index (χ4v) is 3.22. The zero-order valence-corrected chi connectivity index (χ0v) is 16.5. The van der Waals surface area contributed by atoms with Crippen LogP contribution < -0.4 is 5.32 Å². The first-order valence-corrected chi connectivity index (χ1v) is 10.0. The molecule has 23 heavy (non-hydrogen) atoms. The standard InChI is InChI=1S/C20H42N2O/c1-6-21-20(23)16-14-12-10-8-7-9-11-13-15-17-22(18(2)3)19(4)5/h18-19H,6-17H2,1-5H3,(H,21,23). The summed E-state index contributed by atoms with van der Waals surface area (Å²) in [5.74, 6) is 0.212. The van der Waals surface area contributed by atoms with Gasteiger partial charge in [-0.15, -0.1) is 0 Å². The number of hydrogen-bond acceptors (Lipinski definition) is 2. The van der Waals surface area contributed by atoms with Gasteiger partial charge in [-0.2, -0.15) is 0 Å². The molecule has 0 unspecified atom stereocenters. The topological polar surface area (TPSA) is 32.3 Å². The number of hydrogen-bond donors (Lipinski definition) is 1. The number of amides is 1. The number of rotatable bonds is 15. The summed E-state index contributed by atoms with van der Waals surface area (Å²) < 4.78 is 0. The lowest BCUT2D eigenvalue weighted by molar-refractivity contribution is -0.121. The Bertz CT molecular complexity index is 269. The lowest BCUT2D eigenvalue weighted by Gasteiger charge is -2.30. The maximum atomic E-state index is 11.3. The van der Waals surface area contributed by atoms with Gasteiger partial charge >= 0.3 is 0 Å². The SMILES string of the molecule is CCNC(=O)CCCCCCCCCCCN(C(C)C)C(C)C. The van der Waals surface area contributed by atoms with Gasteiger partial charge in [0.25, 0.3) is 0 Å². The quantitative estimate of drug-likeness (QED) is 0.422. The first-order chi connectivity index (χ1) is 11.0. The van der Waals surface area contributed by atoms with Crippen LogP contribution in [0.3, 0.4) is 0 Å². The predicted octanol–water partition coefficient (Wildman–Crippen LogP) is 5.14. The molecule has 0 aromatic rings. The van der Waals surface area contributed by atoms with Gasteiger partial charge in [-0.3, -0.25) is 9.69 Å². The summed E-state index contributed by atoms with van der Waals surface area (Å²) in [6.07, 6.45) is 12.4. The minimum atomic E-state index is 0.212. The summed E-state index contributed by atoms with van der Waals surface area (Å²) in [7, 11) is 0. The van der Waals surface area contributed by atoms with Gasteiger partial charge in [0.2, 0.25) is 5.91 Å². The maximum Gasteiger partial charge on any atom is 0.219 e. The van der Waals surface area contributed by atoms with E-state index in [1.807, 2.05) is 6.92 Å². The Morgan fingerprint density at radius 3 is 1.65 bits per heavy atom. The number of carbonyl (C=O) groups is 1. The third-order valence-electron chi connectivity index (χ3n) is 4.52. The molecule has 0 aromatic carbocycles. The second-order valence-electron chi connectivity index (χ2n) is 7.31. The molecular weight excluding hydrogens is 284 g/mol. The van der Waals surface area contributed by atoms with Crippen LogP contribution in [0, 0.1) is 0 Å². The Labute approximate surface area is 145 Å². The highest BCUT2D eigenvalue weighted by Gasteiger charge is 2.11. The number of nitrogens with one attached hydrogen (secondary N) is 1. The van der Waals surface area contributed by atoms with Crippen LogP contribution in [0.2, 0.25) is 0 Å². The van der Waals surface area contributed by atoms with Crippen molar-refractivity contribution < 1.29 is 4.79 Å². The van der Waals surface area contributed by atoms with Gasteiger partial charge in [-0.25, -0.2) is 0 Å². The largest absolute Gasteiger partial charge is 0.356 e. The Morgan fingerprint density at radius 1 is 0.783 bits per heavy atom. The van der Waals surface area contributed by atoms with E-state index < -0.39 is 0 Å². The van der Waals surface area contributed by atoms with E-state index in [9.17, 15) is 4.79 Å². The normalized spacial score (nSPS) is 11.7. The van der Waals surface area contributed by atoms with Crippen molar-refractivity contribution in [1.29, 1.82) is 0 Å². The summed E-state index contributed by atoms with van der Waals surface area (Å²) in [6.45, 7) is 13.2. The van der Waals surface area contributed by atoms with E-state index in [2.05, 4.69) is 37.9 Å². The molecule has 3 heteroatoms. The predicted molar refractivity (Wildman–Crippen MR) is 102 cm³/mol. The minimum absolute atomic E-state index is 0.212. The van der Waals surface area contributed by atoms with Crippen LogP contribution in [0.5, 0.6) is 0 Å². The summed E-state index contributed by atoms with van der Waals surface area (Å²) in [5.41, 5.74) is 0. The van der Waals surface area contributed by atoms with E-state index in [4.69, 9.17) is 0 Å². The van der Waals surface area contributed by atoms with Crippen molar-refractivity contribution in [2.75, 3.05) is 13.1 Å². The molecular formula is C20H42N2O. The Balaban J connectivity index is 3.32. The molecule has 0 aliphatic rings. The zero-order chi connectivity index (χ0) is 17.5. The van der Waals surface area contributed by atoms with E-state index in [1.54, 1.807) is 0 Å². The smallest absolute Gasteiger partial charge is 0.219 e. The molecule has 138 valence electrons. The highest BCUT2D eigenvalue weighted by molar-refractivity contribution is 5.75. The van der Waals surface area contributed by atoms with Gasteiger partial charge in [0.1, 0.15) is 0 Å². The van der Waals surface area contributed by atoms with Gasteiger partial charge in [0, 0.05) is 25.0 Å². The highest BCUT2D eigenvalue weighted by atomic mass is 16.1. The van der Waals surface area contributed by atoms with Crippen LogP contribution in [0.25, 0.3) is 0 Å². The van der Waals surface area contributed by atoms with Crippen LogP contribution >= 0.6 is 0 Å². The van der Waals surface area contributed by atoms with Crippen LogP contribution in [-0.2, 0) is 4.79 Å². The highest BCUT2D eigenvalue weighted by Crippen LogP contribution is 2.12. The van der Waals surface area contributed by atoms with Crippen molar-refractivity contribution in [3.63, 3.8) is 0 Å². The maximum absolute atomic E-state index is 11.3. The molecule has 0 radical (unpaired) electrons. The lowest BCUT2D eigenvalue weighted by atomic mass is 10.1. The van der Waals surface area contributed by atoms with E-state index >= 15 is 0 Å². The van der Waals surface area contributed by atoms with Gasteiger partial charge in [-0.1, -0.05) is 44.9 Å². The van der Waals surface area contributed by atoms with Gasteiger partial charge in [0.15, 0.2) is 0 Å². The second-order valence-corrected chi connectivity index (χ2v) is 7.31. The average molecular weight is 327 g/mol. The molecule has 0 aromatic heterocycles. The van der Waals surface area contributed by atoms with E-state index in [0.717, 1.165) is 13.0 Å². The van der Waals surface area contributed by atoms with Crippen LogP contribution in [0.15, 0.2) is 0 Å². The van der Waals surface area contributed by atoms with Crippen LogP contribution in [0.1, 0.15) is 98.8 Å². The van der Waals surface area contributed by atoms with Gasteiger partial charge in [-0.05, 0) is 54.0 Å². The summed E-state index contributed by atoms with van der Waals surface area (Å²) in [5, 5.41) is 2.86. The first-order valence-electron chi connectivity index (χ1n) is 10.0. The summed E-state index contributed by atoms with van der Waals surface area (Å²) in [4.78, 5) is 13.9. The third kappa shape index (κ3) is 13.6. The van der Waals surface area contributed by atoms with Crippen molar-refractivity contribution in [2.45, 2.75) is 111 Å². The zero-order valence-electron chi connectivity index (χ0n) is 16.5. The molecule has 0 bridgehead atoms. The number of nitrogens with zero attached hydrogens (tertiary/aromatic N) is 1. The minimum Gasteiger partial charge on any atom is -0.356 e. The van der Waals surface area contributed by atoms with Gasteiger partial charge < -0.3 is 5.32 Å². The molecule has 0 heterocycles. The van der Waals surface area contributed by atoms with Crippen molar-refractivity contribution in [3.05, 3.63) is 0 Å². The average Bonchev–Trinajstić information content (AvgIpc) is 2.47. The number of unbranched alkanes of at least 4 members (excludes halogenated alkanes) is 8. The molecule has 0 aliphatic heterocycles. The molecule has 0 saturated carbocycles. The van der Waals surface area contributed by atoms with Crippen LogP contribution in [0.4, 0.5) is 0 Å². The van der Waals surface area contributed by atoms with Crippen molar-refractivity contribution in [3.8, 4) is 0 Å². The van der Waals surface area contributed by atoms with E-state index in [0.29, 0.717) is 18.5 Å². The second kappa shape index (κ2) is 15.0. The fourth-order valence-electron chi connectivity index (χ4n) is 3.22. The Kier molecular flexibility index (Phi) is 14.6. The molecule has 0 aliphatic carbocycles. The Hall–Kier alpha value is -0.570. The molecule has 0 atom stereocenters. The molecule has 1 amide bonds. The summed E-state index contributed by atoms with van der Waals surface area (Å²) >= 11 is 0. The molecule has 3 nitrogen and oxygen atoms in total. The molecule has 0 spiro atoms. The Morgan fingerprint density at radius 2 is 1.22 bits per heavy atom. The fraction of sp³-hybridized carbons (Fsp3) is 0.950. The third-order valence-corrected chi connectivity index (χ3v) is 4.52. The van der Waals surface area contributed by atoms with Crippen molar-refractivity contribution in [1.82, 2.24) is 10.2 Å². The molecule has 0 rings (SSSR count). The molecule has 0 fully saturated rings. The van der Waals surface area contributed by atoms with Gasteiger partial charge in [0.05, 0.1) is 0 Å². The monoisotopic (exact) mass is 326 g/mol. The number of carbonyl (C=O) groups excluding carboxylic acids is 1. The lowest BCUT2D eigenvalue weighted by Crippen LogP contribution is -2.37. The van der Waals surface area contributed by atoms with Crippen LogP contribution in [-0.4, -0.2) is 36.0 Å². The van der Waals surface area contributed by atoms with E-state index in [1.165, 1.54) is 57.9 Å². The first kappa shape index (κ1) is 22.4. The van der Waals surface area contributed by atoms with Crippen molar-refractivity contribution >= 4 is 5.91 Å². The summed E-state index contributed by atoms with van der Waals surface area (Å²) in [6, 6.07) is 1.32. The van der Waals surface area contributed by atoms with E-state index in [-0.39, 0.29) is 5.91 Å². The van der Waals surface area contributed by atoms with Crippen molar-refractivity contribution in [2.24, 2.45) is 0 Å². The molecule has 0 saturated heterocycles. The molecule has 1 N–H and O–H groups in total.